The van der Waals surface area contributed by atoms with Gasteiger partial charge in [-0.05, 0) is 6.92 Å². The molecule has 0 fully saturated rings. The van der Waals surface area contributed by atoms with Crippen molar-refractivity contribution in [3.05, 3.63) is 12.7 Å². The minimum absolute atomic E-state index is 0.0406. The van der Waals surface area contributed by atoms with Crippen molar-refractivity contribution in [2.75, 3.05) is 33.0 Å². The number of hydrogen-bond acceptors (Lipinski definition) is 5. The zero-order valence-corrected chi connectivity index (χ0v) is 12.6. The summed E-state index contributed by atoms with van der Waals surface area (Å²) in [6.45, 7) is 6.23. The Labute approximate surface area is 115 Å². The summed E-state index contributed by atoms with van der Waals surface area (Å²) in [7, 11) is -0.248. The average Bonchev–Trinajstić information content (AvgIpc) is 2.30. The van der Waals surface area contributed by atoms with Crippen LogP contribution in [0, 0.1) is 0 Å². The first-order valence-electron chi connectivity index (χ1n) is 6.14. The Hall–Kier alpha value is -0.920. The van der Waals surface area contributed by atoms with Crippen LogP contribution >= 0.6 is 0 Å². The van der Waals surface area contributed by atoms with Crippen LogP contribution in [-0.4, -0.2) is 62.5 Å². The van der Waals surface area contributed by atoms with Crippen LogP contribution in [0.1, 0.15) is 19.8 Å². The molecule has 0 aliphatic rings. The Kier molecular flexibility index (Phi) is 7.25. The smallest absolute Gasteiger partial charge is 0.330 e. The van der Waals surface area contributed by atoms with E-state index in [1.165, 1.54) is 0 Å². The lowest BCUT2D eigenvalue weighted by atomic mass is 10.2. The molecule has 0 amide bonds. The van der Waals surface area contributed by atoms with E-state index in [0.717, 1.165) is 12.6 Å². The van der Waals surface area contributed by atoms with E-state index in [2.05, 4.69) is 6.58 Å². The molecule has 1 atom stereocenters. The van der Waals surface area contributed by atoms with E-state index in [-0.39, 0.29) is 11.8 Å². The third kappa shape index (κ3) is 8.74. The number of rotatable bonds is 9. The summed E-state index contributed by atoms with van der Waals surface area (Å²) in [4.78, 5) is 10.8. The normalized spacial score (nSPS) is 13.9. The molecule has 0 aromatic carbocycles. The fourth-order valence-electron chi connectivity index (χ4n) is 1.59. The van der Waals surface area contributed by atoms with Gasteiger partial charge in [0.1, 0.15) is 0 Å². The van der Waals surface area contributed by atoms with Gasteiger partial charge >= 0.3 is 5.97 Å². The topological polar surface area (TPSA) is 83.5 Å². The van der Waals surface area contributed by atoms with Crippen LogP contribution < -0.4 is 0 Å². The maximum Gasteiger partial charge on any atom is 0.330 e. The summed E-state index contributed by atoms with van der Waals surface area (Å²) >= 11 is 0. The number of nitrogens with zero attached hydrogens (tertiary/aromatic N) is 1. The zero-order valence-electron chi connectivity index (χ0n) is 11.8. The molecule has 0 heterocycles. The van der Waals surface area contributed by atoms with Crippen LogP contribution in [-0.2, 0) is 19.6 Å². The Morgan fingerprint density at radius 1 is 1.47 bits per heavy atom. The number of ether oxygens (including phenoxy) is 1. The van der Waals surface area contributed by atoms with E-state index in [0.29, 0.717) is 23.9 Å². The molecule has 0 saturated heterocycles. The van der Waals surface area contributed by atoms with E-state index in [1.54, 1.807) is 0 Å². The standard InChI is InChI=1S/C12H23NO5S/c1-5-12(14)18-9-6-8-13(3,4)11(2)7-10-19(15,16)17/h5,11H,1,6-10H2,2-4H3. The monoisotopic (exact) mass is 293 g/mol. The van der Waals surface area contributed by atoms with Crippen LogP contribution in [0.25, 0.3) is 0 Å². The van der Waals surface area contributed by atoms with Crippen molar-refractivity contribution in [1.29, 1.82) is 0 Å². The lowest BCUT2D eigenvalue weighted by Gasteiger charge is -2.36. The van der Waals surface area contributed by atoms with Crippen LogP contribution in [0.3, 0.4) is 0 Å². The predicted molar refractivity (Wildman–Crippen MR) is 71.4 cm³/mol. The van der Waals surface area contributed by atoms with Crippen molar-refractivity contribution in [2.24, 2.45) is 0 Å². The van der Waals surface area contributed by atoms with Crippen molar-refractivity contribution < 1.29 is 27.0 Å². The lowest BCUT2D eigenvalue weighted by Crippen LogP contribution is -2.48. The van der Waals surface area contributed by atoms with E-state index in [1.807, 2.05) is 21.0 Å². The van der Waals surface area contributed by atoms with Crippen LogP contribution in [0.4, 0.5) is 0 Å². The van der Waals surface area contributed by atoms with Gasteiger partial charge in [-0.3, -0.25) is 0 Å². The molecule has 0 spiro atoms. The molecule has 7 heteroatoms. The molecular formula is C12H23NO5S. The van der Waals surface area contributed by atoms with Gasteiger partial charge in [0, 0.05) is 24.7 Å². The first-order chi connectivity index (χ1) is 8.58. The van der Waals surface area contributed by atoms with Crippen molar-refractivity contribution in [3.8, 4) is 0 Å². The molecule has 0 aromatic heterocycles. The van der Waals surface area contributed by atoms with Gasteiger partial charge < -0.3 is 13.8 Å². The number of carbonyl (C=O) groups excluding carboxylic acids is 1. The van der Waals surface area contributed by atoms with Crippen molar-refractivity contribution in [1.82, 2.24) is 0 Å². The first-order valence-corrected chi connectivity index (χ1v) is 7.71. The Morgan fingerprint density at radius 3 is 2.53 bits per heavy atom. The highest BCUT2D eigenvalue weighted by atomic mass is 32.2. The minimum Gasteiger partial charge on any atom is -0.748 e. The second-order valence-electron chi connectivity index (χ2n) is 5.13. The van der Waals surface area contributed by atoms with Gasteiger partial charge in [-0.1, -0.05) is 6.58 Å². The number of esters is 1. The van der Waals surface area contributed by atoms with E-state index in [4.69, 9.17) is 4.74 Å². The highest BCUT2D eigenvalue weighted by molar-refractivity contribution is 7.85. The van der Waals surface area contributed by atoms with E-state index in [9.17, 15) is 17.8 Å². The van der Waals surface area contributed by atoms with Crippen molar-refractivity contribution in [2.45, 2.75) is 25.8 Å². The molecule has 0 N–H and O–H groups in total. The molecule has 0 bridgehead atoms. The van der Waals surface area contributed by atoms with Gasteiger partial charge in [0.05, 0.1) is 43.4 Å². The summed E-state index contributed by atoms with van der Waals surface area (Å²) in [6, 6.07) is 0.0406. The largest absolute Gasteiger partial charge is 0.748 e. The SMILES string of the molecule is C=CC(=O)OCCC[N+](C)(C)C(C)CCS(=O)(=O)[O-]. The molecule has 0 radical (unpaired) electrons. The third-order valence-electron chi connectivity index (χ3n) is 3.27. The first kappa shape index (κ1) is 18.1. The number of hydrogen-bond donors (Lipinski definition) is 0. The highest BCUT2D eigenvalue weighted by Crippen LogP contribution is 2.12. The fourth-order valence-corrected chi connectivity index (χ4v) is 2.22. The number of quaternary nitrogens is 1. The molecule has 19 heavy (non-hydrogen) atoms. The van der Waals surface area contributed by atoms with Crippen LogP contribution in [0.2, 0.25) is 0 Å². The van der Waals surface area contributed by atoms with Gasteiger partial charge in [-0.25, -0.2) is 13.2 Å². The van der Waals surface area contributed by atoms with Crippen molar-refractivity contribution >= 4 is 16.1 Å². The summed E-state index contributed by atoms with van der Waals surface area (Å²) in [5.74, 6) is -0.794. The van der Waals surface area contributed by atoms with Crippen LogP contribution in [0.15, 0.2) is 12.7 Å². The Bertz CT molecular complexity index is 402. The molecule has 0 aliphatic carbocycles. The van der Waals surface area contributed by atoms with Gasteiger partial charge in [0.15, 0.2) is 0 Å². The molecule has 6 nitrogen and oxygen atoms in total. The van der Waals surface area contributed by atoms with E-state index < -0.39 is 16.1 Å². The summed E-state index contributed by atoms with van der Waals surface area (Å²) in [5.41, 5.74) is 0. The molecule has 112 valence electrons. The average molecular weight is 293 g/mol. The molecule has 0 saturated carbocycles. The Morgan fingerprint density at radius 2 is 2.05 bits per heavy atom. The van der Waals surface area contributed by atoms with Gasteiger partial charge in [-0.15, -0.1) is 0 Å². The molecule has 1 unspecified atom stereocenters. The quantitative estimate of drug-likeness (QED) is 0.203. The van der Waals surface area contributed by atoms with Crippen molar-refractivity contribution in [3.63, 3.8) is 0 Å². The summed E-state index contributed by atoms with van der Waals surface area (Å²) < 4.78 is 37.2. The molecule has 0 rings (SSSR count). The van der Waals surface area contributed by atoms with Gasteiger partial charge in [0.25, 0.3) is 0 Å². The predicted octanol–water partition coefficient (Wildman–Crippen LogP) is 0.506. The van der Waals surface area contributed by atoms with Crippen LogP contribution in [0.5, 0.6) is 0 Å². The second-order valence-corrected chi connectivity index (χ2v) is 6.65. The molecular weight excluding hydrogens is 270 g/mol. The van der Waals surface area contributed by atoms with Gasteiger partial charge in [-0.2, -0.15) is 0 Å². The maximum atomic E-state index is 10.8. The lowest BCUT2D eigenvalue weighted by molar-refractivity contribution is -0.913. The summed E-state index contributed by atoms with van der Waals surface area (Å²) in [5, 5.41) is 0. The zero-order chi connectivity index (χ0) is 15.1. The summed E-state index contributed by atoms with van der Waals surface area (Å²) in [6.07, 6.45) is 2.11. The maximum absolute atomic E-state index is 10.8. The molecule has 0 aromatic rings. The van der Waals surface area contributed by atoms with Gasteiger partial charge in [0.2, 0.25) is 0 Å². The van der Waals surface area contributed by atoms with E-state index >= 15 is 0 Å². The second kappa shape index (κ2) is 7.62. The third-order valence-corrected chi connectivity index (χ3v) is 4.00. The minimum atomic E-state index is -4.16. The molecule has 0 aliphatic heterocycles. The highest BCUT2D eigenvalue weighted by Gasteiger charge is 2.23. The number of carbonyl (C=O) groups is 1. The fraction of sp³-hybridized carbons (Fsp3) is 0.750. The Balaban J connectivity index is 4.08.